The normalized spacial score (nSPS) is 11.7. The molecule has 0 spiro atoms. The molecule has 0 radical (unpaired) electrons. The molecular weight excluding hydrogens is 544 g/mol. The first-order valence-electron chi connectivity index (χ1n) is 12.1. The van der Waals surface area contributed by atoms with E-state index in [4.69, 9.17) is 11.5 Å². The summed E-state index contributed by atoms with van der Waals surface area (Å²) in [6.07, 6.45) is 1.42. The number of nitrogens with two attached hydrogens (primary N) is 2. The first-order chi connectivity index (χ1) is 18.7. The van der Waals surface area contributed by atoms with Gasteiger partial charge in [0.2, 0.25) is 0 Å². The van der Waals surface area contributed by atoms with E-state index in [9.17, 15) is 18.4 Å². The molecule has 0 saturated heterocycles. The Hall–Kier alpha value is -3.94. The lowest BCUT2D eigenvalue weighted by Crippen LogP contribution is -2.41. The number of hydrogen-bond donors (Lipinski definition) is 5. The molecule has 2 aromatic heterocycles. The van der Waals surface area contributed by atoms with Gasteiger partial charge < -0.3 is 22.1 Å². The Balaban J connectivity index is 1.55. The highest BCUT2D eigenvalue weighted by Crippen LogP contribution is 2.39. The Bertz CT molecular complexity index is 1500. The Labute approximate surface area is 231 Å². The van der Waals surface area contributed by atoms with Crippen LogP contribution in [0.15, 0.2) is 41.8 Å². The van der Waals surface area contributed by atoms with Gasteiger partial charge in [0, 0.05) is 35.2 Å². The van der Waals surface area contributed by atoms with Gasteiger partial charge in [-0.25, -0.2) is 23.5 Å². The fraction of sp³-hybridized carbons (Fsp3) is 0.231. The molecule has 4 aromatic rings. The largest absolute Gasteiger partial charge is 0.382 e. The number of nitrogen functional groups attached to an aromatic ring is 1. The zero-order chi connectivity index (χ0) is 28.1. The summed E-state index contributed by atoms with van der Waals surface area (Å²) in [5.41, 5.74) is 13.1. The van der Waals surface area contributed by atoms with Crippen LogP contribution in [-0.2, 0) is 6.42 Å². The van der Waals surface area contributed by atoms with Crippen molar-refractivity contribution in [2.45, 2.75) is 32.7 Å². The number of carbonyl (C=O) groups excluding carboxylic acids is 2. The molecule has 4 rings (SSSR count). The summed E-state index contributed by atoms with van der Waals surface area (Å²) in [5.74, 6) is -2.12. The van der Waals surface area contributed by atoms with Gasteiger partial charge in [0.25, 0.3) is 5.91 Å². The summed E-state index contributed by atoms with van der Waals surface area (Å²) >= 11 is 2.29. The molecule has 2 heterocycles. The number of hydrogen-bond acceptors (Lipinski definition) is 8. The first-order valence-corrected chi connectivity index (χ1v) is 13.8. The average molecular weight is 572 g/mol. The van der Waals surface area contributed by atoms with Crippen LogP contribution in [0.25, 0.3) is 21.1 Å². The monoisotopic (exact) mass is 571 g/mol. The van der Waals surface area contributed by atoms with Crippen molar-refractivity contribution in [3.8, 4) is 21.1 Å². The second-order valence-electron chi connectivity index (χ2n) is 8.53. The number of rotatable bonds is 9. The molecule has 0 aliphatic rings. The fourth-order valence-electron chi connectivity index (χ4n) is 3.65. The maximum Gasteiger partial charge on any atom is 0.321 e. The highest BCUT2D eigenvalue weighted by Gasteiger charge is 2.20. The predicted octanol–water partition coefficient (Wildman–Crippen LogP) is 5.47. The second-order valence-corrected chi connectivity index (χ2v) is 10.4. The molecule has 2 aromatic carbocycles. The number of anilines is 3. The molecule has 0 saturated carbocycles. The molecule has 7 N–H and O–H groups in total. The molecule has 1 atom stereocenters. The van der Waals surface area contributed by atoms with Crippen molar-refractivity contribution in [2.24, 2.45) is 5.73 Å². The highest BCUT2D eigenvalue weighted by atomic mass is 32.1. The van der Waals surface area contributed by atoms with Gasteiger partial charge in [0.1, 0.15) is 27.3 Å². The van der Waals surface area contributed by atoms with E-state index in [2.05, 4.69) is 25.9 Å². The van der Waals surface area contributed by atoms with Gasteiger partial charge in [-0.2, -0.15) is 0 Å². The third kappa shape index (κ3) is 6.56. The minimum atomic E-state index is -0.910. The van der Waals surface area contributed by atoms with Crippen LogP contribution in [0.3, 0.4) is 0 Å². The number of thiazole rings is 2. The van der Waals surface area contributed by atoms with Crippen LogP contribution in [0.2, 0.25) is 0 Å². The van der Waals surface area contributed by atoms with Crippen LogP contribution in [0.1, 0.15) is 36.2 Å². The van der Waals surface area contributed by atoms with Crippen molar-refractivity contribution in [1.29, 1.82) is 0 Å². The van der Waals surface area contributed by atoms with Gasteiger partial charge in [-0.3, -0.25) is 10.1 Å². The van der Waals surface area contributed by atoms with Gasteiger partial charge in [-0.05, 0) is 36.6 Å². The lowest BCUT2D eigenvalue weighted by atomic mass is 10.1. The van der Waals surface area contributed by atoms with Crippen LogP contribution in [0.5, 0.6) is 0 Å². The summed E-state index contributed by atoms with van der Waals surface area (Å²) in [6, 6.07) is 8.26. The van der Waals surface area contributed by atoms with Crippen molar-refractivity contribution < 1.29 is 18.4 Å². The third-order valence-corrected chi connectivity index (χ3v) is 7.85. The van der Waals surface area contributed by atoms with Crippen LogP contribution < -0.4 is 27.4 Å². The number of urea groups is 1. The lowest BCUT2D eigenvalue weighted by molar-refractivity contribution is 0.102. The van der Waals surface area contributed by atoms with E-state index >= 15 is 0 Å². The Morgan fingerprint density at radius 1 is 1.08 bits per heavy atom. The molecule has 204 valence electrons. The van der Waals surface area contributed by atoms with E-state index in [1.807, 2.05) is 19.9 Å². The SMILES string of the molecule is CCc1cccc(C(=O)Nc2cc(-c3csc(-c4sc(NC(=O)NC(CC)CN)nc4N)n3)c(F)cc2F)c1. The first kappa shape index (κ1) is 28.1. The van der Waals surface area contributed by atoms with Crippen molar-refractivity contribution in [2.75, 3.05) is 22.9 Å². The Kier molecular flexibility index (Phi) is 8.84. The zero-order valence-electron chi connectivity index (χ0n) is 21.2. The molecule has 39 heavy (non-hydrogen) atoms. The third-order valence-electron chi connectivity index (χ3n) is 5.86. The zero-order valence-corrected chi connectivity index (χ0v) is 22.8. The summed E-state index contributed by atoms with van der Waals surface area (Å²) in [5, 5.41) is 10.2. The minimum absolute atomic E-state index is 0.00436. The number of nitrogens with zero attached hydrogens (tertiary/aromatic N) is 2. The van der Waals surface area contributed by atoms with Gasteiger partial charge in [-0.15, -0.1) is 11.3 Å². The van der Waals surface area contributed by atoms with Gasteiger partial charge in [-0.1, -0.05) is 37.3 Å². The van der Waals surface area contributed by atoms with Crippen LogP contribution in [-0.4, -0.2) is 34.5 Å². The maximum absolute atomic E-state index is 14.8. The molecule has 3 amide bonds. The maximum atomic E-state index is 14.8. The molecule has 0 aliphatic heterocycles. The molecule has 9 nitrogen and oxygen atoms in total. The minimum Gasteiger partial charge on any atom is -0.382 e. The number of carbonyl (C=O) groups is 2. The number of aromatic nitrogens is 2. The van der Waals surface area contributed by atoms with E-state index in [0.29, 0.717) is 34.5 Å². The Morgan fingerprint density at radius 3 is 2.59 bits per heavy atom. The van der Waals surface area contributed by atoms with Crippen LogP contribution in [0.4, 0.5) is 30.2 Å². The smallest absolute Gasteiger partial charge is 0.321 e. The second kappa shape index (κ2) is 12.3. The van der Waals surface area contributed by atoms with Crippen LogP contribution >= 0.6 is 22.7 Å². The van der Waals surface area contributed by atoms with E-state index in [1.54, 1.807) is 23.6 Å². The molecule has 1 unspecified atom stereocenters. The van der Waals surface area contributed by atoms with Crippen molar-refractivity contribution in [3.63, 3.8) is 0 Å². The van der Waals surface area contributed by atoms with Gasteiger partial charge in [0.05, 0.1) is 11.4 Å². The average Bonchev–Trinajstić information content (AvgIpc) is 3.55. The van der Waals surface area contributed by atoms with Crippen molar-refractivity contribution in [3.05, 3.63) is 64.5 Å². The molecule has 0 bridgehead atoms. The summed E-state index contributed by atoms with van der Waals surface area (Å²) in [7, 11) is 0. The summed E-state index contributed by atoms with van der Waals surface area (Å²) in [6.45, 7) is 4.17. The number of benzene rings is 2. The molecular formula is C26H27F2N7O2S2. The highest BCUT2D eigenvalue weighted by molar-refractivity contribution is 7.23. The predicted molar refractivity (Wildman–Crippen MR) is 152 cm³/mol. The van der Waals surface area contributed by atoms with E-state index < -0.39 is 23.6 Å². The number of aryl methyl sites for hydroxylation is 1. The molecule has 13 heteroatoms. The topological polar surface area (TPSA) is 148 Å². The van der Waals surface area contributed by atoms with Crippen LogP contribution in [0, 0.1) is 11.6 Å². The van der Waals surface area contributed by atoms with Gasteiger partial charge in [0.15, 0.2) is 5.13 Å². The standard InChI is InChI=1S/C26H27F2N7O2S2/c1-3-13-6-5-7-14(8-13)23(36)32-19-9-16(17(27)10-18(19)28)20-12-38-24(33-20)21-22(30)34-26(39-21)35-25(37)31-15(4-2)11-29/h5-10,12,15H,3-4,11,29-30H2,1-2H3,(H,32,36)(H2,31,34,35,37). The Morgan fingerprint density at radius 2 is 1.87 bits per heavy atom. The number of nitrogens with one attached hydrogen (secondary N) is 3. The van der Waals surface area contributed by atoms with Gasteiger partial charge >= 0.3 is 6.03 Å². The van der Waals surface area contributed by atoms with E-state index in [1.165, 1.54) is 17.4 Å². The quantitative estimate of drug-likeness (QED) is 0.180. The van der Waals surface area contributed by atoms with Crippen molar-refractivity contribution >= 4 is 51.2 Å². The van der Waals surface area contributed by atoms with E-state index in [0.717, 1.165) is 23.3 Å². The number of halogens is 2. The number of amides is 3. The molecule has 0 fully saturated rings. The molecule has 0 aliphatic carbocycles. The summed E-state index contributed by atoms with van der Waals surface area (Å²) in [4.78, 5) is 34.1. The summed E-state index contributed by atoms with van der Waals surface area (Å²) < 4.78 is 29.4. The fourth-order valence-corrected chi connectivity index (χ4v) is 5.45. The van der Waals surface area contributed by atoms with Crippen molar-refractivity contribution in [1.82, 2.24) is 15.3 Å². The van der Waals surface area contributed by atoms with E-state index in [-0.39, 0.29) is 33.9 Å². The lowest BCUT2D eigenvalue weighted by Gasteiger charge is -2.14.